The van der Waals surface area contributed by atoms with E-state index in [1.54, 1.807) is 0 Å². The molecule has 0 heterocycles. The topological polar surface area (TPSA) is 156 Å². The molecule has 0 unspecified atom stereocenters. The highest BCUT2D eigenvalue weighted by Gasteiger charge is 2.02. The van der Waals surface area contributed by atoms with Crippen LogP contribution in [0.1, 0.15) is 73.6 Å². The minimum absolute atomic E-state index is 0. The van der Waals surface area contributed by atoms with E-state index in [-0.39, 0.29) is 16.4 Å². The van der Waals surface area contributed by atoms with Crippen LogP contribution in [0.5, 0.6) is 0 Å². The Morgan fingerprint density at radius 3 is 1.28 bits per heavy atom. The molecular formula is C26H66N2O8. The minimum atomic E-state index is 0. The molecule has 0 saturated carbocycles. The van der Waals surface area contributed by atoms with Crippen LogP contribution in [0.2, 0.25) is 0 Å². The summed E-state index contributed by atoms with van der Waals surface area (Å²) in [6.07, 6.45) is 5.85. The Morgan fingerprint density at radius 1 is 0.500 bits per heavy atom. The molecule has 36 heavy (non-hydrogen) atoms. The molecule has 228 valence electrons. The van der Waals surface area contributed by atoms with E-state index in [2.05, 4.69) is 24.1 Å². The van der Waals surface area contributed by atoms with Gasteiger partial charge in [0, 0.05) is 26.3 Å². The van der Waals surface area contributed by atoms with Crippen LogP contribution in [0.4, 0.5) is 0 Å². The monoisotopic (exact) mass is 534 g/mol. The van der Waals surface area contributed by atoms with Crippen molar-refractivity contribution in [2.75, 3.05) is 99.3 Å². The molecule has 0 rings (SSSR count). The number of nitrogens with one attached hydrogen (secondary N) is 1. The highest BCUT2D eigenvalue weighted by atomic mass is 16.5. The van der Waals surface area contributed by atoms with Crippen molar-refractivity contribution in [2.24, 2.45) is 0 Å². The van der Waals surface area contributed by atoms with Crippen molar-refractivity contribution >= 4 is 0 Å². The molecule has 0 saturated heterocycles. The van der Waals surface area contributed by atoms with Crippen LogP contribution in [-0.2, 0) is 23.7 Å². The van der Waals surface area contributed by atoms with Gasteiger partial charge in [-0.1, -0.05) is 48.0 Å². The van der Waals surface area contributed by atoms with E-state index < -0.39 is 0 Å². The van der Waals surface area contributed by atoms with Gasteiger partial charge in [-0.3, -0.25) is 4.90 Å². The highest BCUT2D eigenvalue weighted by Crippen LogP contribution is 1.95. The molecule has 0 bridgehead atoms. The second-order valence-corrected chi connectivity index (χ2v) is 7.01. The molecule has 0 spiro atoms. The van der Waals surface area contributed by atoms with Crippen molar-refractivity contribution in [2.45, 2.75) is 73.6 Å². The maximum atomic E-state index is 5.67. The van der Waals surface area contributed by atoms with Gasteiger partial charge in [0.1, 0.15) is 0 Å². The molecule has 0 amide bonds. The number of ether oxygens (including phenoxy) is 5. The number of rotatable bonds is 25. The van der Waals surface area contributed by atoms with Crippen molar-refractivity contribution in [3.63, 3.8) is 0 Å². The fraction of sp³-hybridized carbons (Fsp3) is 1.00. The fourth-order valence-corrected chi connectivity index (χ4v) is 2.61. The smallest absolute Gasteiger partial charge is 0.0701 e. The maximum Gasteiger partial charge on any atom is 0.0701 e. The van der Waals surface area contributed by atoms with Crippen molar-refractivity contribution in [1.82, 2.24) is 10.2 Å². The zero-order chi connectivity index (χ0) is 25.3. The van der Waals surface area contributed by atoms with Gasteiger partial charge in [0.2, 0.25) is 0 Å². The summed E-state index contributed by atoms with van der Waals surface area (Å²) < 4.78 is 27.8. The van der Waals surface area contributed by atoms with E-state index in [1.807, 2.05) is 34.7 Å². The van der Waals surface area contributed by atoms with Crippen molar-refractivity contribution in [3.05, 3.63) is 0 Å². The Kier molecular flexibility index (Phi) is 69.3. The van der Waals surface area contributed by atoms with Crippen molar-refractivity contribution in [1.29, 1.82) is 0 Å². The third kappa shape index (κ3) is 46.9. The van der Waals surface area contributed by atoms with Gasteiger partial charge >= 0.3 is 0 Å². The lowest BCUT2D eigenvalue weighted by molar-refractivity contribution is 0.00711. The van der Waals surface area contributed by atoms with Gasteiger partial charge < -0.3 is 45.4 Å². The molecule has 0 atom stereocenters. The third-order valence-electron chi connectivity index (χ3n) is 4.52. The molecule has 0 aliphatic carbocycles. The maximum absolute atomic E-state index is 5.67. The molecular weight excluding hydrogens is 468 g/mol. The van der Waals surface area contributed by atoms with Crippen LogP contribution in [0.3, 0.4) is 0 Å². The van der Waals surface area contributed by atoms with Gasteiger partial charge in [-0.05, 0) is 45.8 Å². The minimum Gasteiger partial charge on any atom is -0.412 e. The van der Waals surface area contributed by atoms with Crippen LogP contribution >= 0.6 is 0 Å². The Bertz CT molecular complexity index is 281. The Hall–Kier alpha value is -0.400. The molecule has 0 radical (unpaired) electrons. The summed E-state index contributed by atoms with van der Waals surface area (Å²) in [6.45, 7) is 23.3. The van der Waals surface area contributed by atoms with Gasteiger partial charge in [-0.2, -0.15) is 0 Å². The Balaban J connectivity index is -0.000000304. The van der Waals surface area contributed by atoms with E-state index in [0.717, 1.165) is 65.4 Å². The summed E-state index contributed by atoms with van der Waals surface area (Å²) in [5.41, 5.74) is 0. The molecule has 0 aliphatic rings. The largest absolute Gasteiger partial charge is 0.412 e. The molecule has 0 fully saturated rings. The molecule has 0 aromatic carbocycles. The first-order valence-corrected chi connectivity index (χ1v) is 13.6. The van der Waals surface area contributed by atoms with Crippen LogP contribution in [0.15, 0.2) is 0 Å². The molecule has 0 aliphatic heterocycles. The van der Waals surface area contributed by atoms with Gasteiger partial charge in [0.15, 0.2) is 0 Å². The van der Waals surface area contributed by atoms with Crippen molar-refractivity contribution < 1.29 is 40.1 Å². The molecule has 0 aromatic heterocycles. The van der Waals surface area contributed by atoms with Gasteiger partial charge in [0.25, 0.3) is 0 Å². The second kappa shape index (κ2) is 51.3. The first-order chi connectivity index (χ1) is 16.3. The molecule has 7 N–H and O–H groups in total. The zero-order valence-electron chi connectivity index (χ0n) is 24.9. The lowest BCUT2D eigenvalue weighted by Crippen LogP contribution is -2.31. The van der Waals surface area contributed by atoms with Crippen LogP contribution in [-0.4, -0.2) is 121 Å². The Morgan fingerprint density at radius 2 is 0.889 bits per heavy atom. The summed E-state index contributed by atoms with van der Waals surface area (Å²) in [6, 6.07) is 0. The number of nitrogens with zero attached hydrogens (tertiary/aromatic N) is 1. The van der Waals surface area contributed by atoms with Crippen LogP contribution < -0.4 is 5.32 Å². The van der Waals surface area contributed by atoms with E-state index >= 15 is 0 Å². The second-order valence-electron chi connectivity index (χ2n) is 7.01. The van der Waals surface area contributed by atoms with Crippen LogP contribution in [0.25, 0.3) is 0 Å². The van der Waals surface area contributed by atoms with Gasteiger partial charge in [-0.25, -0.2) is 0 Å². The summed E-state index contributed by atoms with van der Waals surface area (Å²) in [4.78, 5) is 2.34. The molecule has 10 heteroatoms. The van der Waals surface area contributed by atoms with Crippen molar-refractivity contribution in [3.8, 4) is 0 Å². The predicted molar refractivity (Wildman–Crippen MR) is 152 cm³/mol. The number of hydrogen-bond acceptors (Lipinski definition) is 7. The summed E-state index contributed by atoms with van der Waals surface area (Å²) >= 11 is 0. The standard InChI is InChI=1S/C22H48N2O5.2C2H6.3H2O/c1-4-6-13-25-18-21-29-22-20-28-16-12-24(5-2)11-15-27-19-17-26-14-9-7-8-10-23-3;2*1-2;;;/h23H,4-22H2,1-3H3;2*1-2H3;3*1H2. The van der Waals surface area contributed by atoms with E-state index in [0.29, 0.717) is 39.6 Å². The van der Waals surface area contributed by atoms with E-state index in [9.17, 15) is 0 Å². The lowest BCUT2D eigenvalue weighted by Gasteiger charge is -2.20. The third-order valence-corrected chi connectivity index (χ3v) is 4.52. The SMILES string of the molecule is CC.CC.CCCCOCCOCCOCCN(CC)CCOCCOCCCCCNC.O.O.O. The average Bonchev–Trinajstić information content (AvgIpc) is 2.87. The molecule has 0 aromatic rings. The Labute approximate surface area is 223 Å². The zero-order valence-corrected chi connectivity index (χ0v) is 24.9. The quantitative estimate of drug-likeness (QED) is 0.176. The first kappa shape index (κ1) is 48.6. The summed E-state index contributed by atoms with van der Waals surface area (Å²) in [7, 11) is 1.99. The predicted octanol–water partition coefficient (Wildman–Crippen LogP) is 2.16. The summed E-state index contributed by atoms with van der Waals surface area (Å²) in [5.74, 6) is 0. The average molecular weight is 535 g/mol. The highest BCUT2D eigenvalue weighted by molar-refractivity contribution is 4.54. The van der Waals surface area contributed by atoms with E-state index in [1.165, 1.54) is 19.3 Å². The number of likely N-dealkylation sites (N-methyl/N-ethyl adjacent to an activating group) is 1. The van der Waals surface area contributed by atoms with Crippen LogP contribution in [0, 0.1) is 0 Å². The fourth-order valence-electron chi connectivity index (χ4n) is 2.61. The summed E-state index contributed by atoms with van der Waals surface area (Å²) in [5, 5.41) is 3.16. The number of hydrogen-bond donors (Lipinski definition) is 1. The van der Waals surface area contributed by atoms with Gasteiger partial charge in [0.05, 0.1) is 52.9 Å². The number of unbranched alkanes of at least 4 members (excludes halogenated alkanes) is 3. The molecule has 10 nitrogen and oxygen atoms in total. The lowest BCUT2D eigenvalue weighted by atomic mass is 10.2. The van der Waals surface area contributed by atoms with Gasteiger partial charge in [-0.15, -0.1) is 0 Å². The normalized spacial score (nSPS) is 9.67. The first-order valence-electron chi connectivity index (χ1n) is 13.6. The van der Waals surface area contributed by atoms with E-state index in [4.69, 9.17) is 23.7 Å².